The third kappa shape index (κ3) is 2.46. The molecular weight excluding hydrogens is 291 g/mol. The molecule has 0 bridgehead atoms. The molecule has 0 aliphatic heterocycles. The van der Waals surface area contributed by atoms with Crippen LogP contribution in [0.15, 0.2) is 18.2 Å². The van der Waals surface area contributed by atoms with Crippen molar-refractivity contribution >= 4 is 0 Å². The monoisotopic (exact) mass is 307 g/mol. The van der Waals surface area contributed by atoms with Crippen molar-refractivity contribution in [2.75, 3.05) is 7.11 Å². The Bertz CT molecular complexity index is 299. The van der Waals surface area contributed by atoms with E-state index in [1.807, 2.05) is 19.1 Å². The van der Waals surface area contributed by atoms with Gasteiger partial charge < -0.3 is 4.74 Å². The van der Waals surface area contributed by atoms with Gasteiger partial charge in [-0.2, -0.15) is 3.44 Å². The first-order valence-corrected chi connectivity index (χ1v) is 6.72. The fraction of sp³-hybridized carbons (Fsp3) is 0.455. The maximum atomic E-state index is 9.43. The van der Waals surface area contributed by atoms with Gasteiger partial charge in [-0.15, -0.1) is 0 Å². The van der Waals surface area contributed by atoms with Gasteiger partial charge in [-0.25, -0.2) is 0 Å². The van der Waals surface area contributed by atoms with Crippen molar-refractivity contribution in [1.29, 1.82) is 0 Å². The fourth-order valence-corrected chi connectivity index (χ4v) is 3.18. The Morgan fingerprint density at radius 1 is 1.50 bits per heavy atom. The summed E-state index contributed by atoms with van der Waals surface area (Å²) < 4.78 is 15.8. The number of aryl methyl sites for hydroxylation is 1. The predicted molar refractivity (Wildman–Crippen MR) is 52.2 cm³/mol. The molecule has 0 unspecified atom stereocenters. The van der Waals surface area contributed by atoms with E-state index in [2.05, 4.69) is 13.0 Å². The standard InChI is InChI=1S/C11H16IO2/c1-4-9-6-5-7-10(8(2)14-3)11(9)12-13/h5-8,13H,4H2,1-3H3/q+1/t8-/m0/s1. The number of rotatable bonds is 4. The molecule has 0 aromatic heterocycles. The highest BCUT2D eigenvalue weighted by molar-refractivity contribution is 5.24. The average molecular weight is 307 g/mol. The SMILES string of the molecule is CCc1cccc([C@H](C)OC)c1[I+]O. The second kappa shape index (κ2) is 5.68. The number of ether oxygens (including phenoxy) is 1. The number of methoxy groups -OCH3 is 1. The Morgan fingerprint density at radius 2 is 2.21 bits per heavy atom. The zero-order valence-corrected chi connectivity index (χ0v) is 10.9. The largest absolute Gasteiger partial charge is 0.519 e. The molecule has 0 spiro atoms. The summed E-state index contributed by atoms with van der Waals surface area (Å²) in [5.74, 6) is 0. The molecule has 0 aliphatic rings. The summed E-state index contributed by atoms with van der Waals surface area (Å²) in [7, 11) is 1.70. The minimum atomic E-state index is -0.860. The average Bonchev–Trinajstić information content (AvgIpc) is 2.26. The molecule has 1 aromatic rings. The van der Waals surface area contributed by atoms with Crippen LogP contribution in [0.2, 0.25) is 0 Å². The van der Waals surface area contributed by atoms with E-state index >= 15 is 0 Å². The van der Waals surface area contributed by atoms with E-state index in [1.54, 1.807) is 7.11 Å². The molecule has 1 atom stereocenters. The lowest BCUT2D eigenvalue weighted by Gasteiger charge is -2.10. The lowest BCUT2D eigenvalue weighted by molar-refractivity contribution is -0.867. The van der Waals surface area contributed by atoms with E-state index in [4.69, 9.17) is 4.74 Å². The van der Waals surface area contributed by atoms with Crippen LogP contribution in [-0.4, -0.2) is 10.5 Å². The van der Waals surface area contributed by atoms with Crippen LogP contribution in [-0.2, 0) is 11.2 Å². The maximum Gasteiger partial charge on any atom is 0.519 e. The summed E-state index contributed by atoms with van der Waals surface area (Å²) in [5.41, 5.74) is 2.39. The molecule has 0 aliphatic carbocycles. The van der Waals surface area contributed by atoms with Crippen LogP contribution in [0, 0.1) is 3.57 Å². The summed E-state index contributed by atoms with van der Waals surface area (Å²) in [6.45, 7) is 4.12. The van der Waals surface area contributed by atoms with Crippen molar-refractivity contribution in [1.82, 2.24) is 0 Å². The zero-order chi connectivity index (χ0) is 10.6. The smallest absolute Gasteiger partial charge is 0.377 e. The van der Waals surface area contributed by atoms with Crippen LogP contribution in [0.3, 0.4) is 0 Å². The van der Waals surface area contributed by atoms with Gasteiger partial charge in [-0.05, 0) is 13.3 Å². The van der Waals surface area contributed by atoms with Crippen molar-refractivity contribution in [3.63, 3.8) is 0 Å². The third-order valence-electron chi connectivity index (χ3n) is 2.37. The molecule has 1 N–H and O–H groups in total. The Morgan fingerprint density at radius 3 is 2.71 bits per heavy atom. The van der Waals surface area contributed by atoms with Crippen LogP contribution in [0.5, 0.6) is 0 Å². The number of halogens is 1. The lowest BCUT2D eigenvalue weighted by Crippen LogP contribution is -3.61. The van der Waals surface area contributed by atoms with E-state index < -0.39 is 21.6 Å². The van der Waals surface area contributed by atoms with Gasteiger partial charge in [-0.1, -0.05) is 25.1 Å². The van der Waals surface area contributed by atoms with E-state index in [9.17, 15) is 3.44 Å². The summed E-state index contributed by atoms with van der Waals surface area (Å²) in [4.78, 5) is 0. The van der Waals surface area contributed by atoms with Crippen LogP contribution < -0.4 is 21.6 Å². The molecule has 0 amide bonds. The highest BCUT2D eigenvalue weighted by atomic mass is 127. The zero-order valence-electron chi connectivity index (χ0n) is 8.75. The minimum absolute atomic E-state index is 0.0725. The molecule has 0 heterocycles. The lowest BCUT2D eigenvalue weighted by atomic mass is 10.1. The second-order valence-corrected chi connectivity index (χ2v) is 4.70. The Balaban J connectivity index is 3.14. The molecule has 1 rings (SSSR count). The van der Waals surface area contributed by atoms with E-state index in [0.29, 0.717) is 0 Å². The molecule has 0 saturated carbocycles. The molecule has 78 valence electrons. The van der Waals surface area contributed by atoms with Gasteiger partial charge >= 0.3 is 21.6 Å². The summed E-state index contributed by atoms with van der Waals surface area (Å²) in [6, 6.07) is 6.16. The quantitative estimate of drug-likeness (QED) is 0.732. The first-order chi connectivity index (χ1) is 6.74. The van der Waals surface area contributed by atoms with Gasteiger partial charge in [0.2, 0.25) is 3.57 Å². The van der Waals surface area contributed by atoms with E-state index in [1.165, 1.54) is 5.56 Å². The number of hydrogen-bond acceptors (Lipinski definition) is 2. The molecule has 0 radical (unpaired) electrons. The van der Waals surface area contributed by atoms with E-state index in [-0.39, 0.29) is 6.10 Å². The first kappa shape index (κ1) is 11.9. The number of benzene rings is 1. The van der Waals surface area contributed by atoms with E-state index in [0.717, 1.165) is 15.6 Å². The molecular formula is C11H16IO2+. The van der Waals surface area contributed by atoms with Gasteiger partial charge in [0.1, 0.15) is 0 Å². The van der Waals surface area contributed by atoms with Crippen LogP contribution in [0.25, 0.3) is 0 Å². The normalized spacial score (nSPS) is 12.9. The Labute approximate surface area is 96.1 Å². The molecule has 1 aromatic carbocycles. The highest BCUT2D eigenvalue weighted by Crippen LogP contribution is 2.17. The van der Waals surface area contributed by atoms with Gasteiger partial charge in [0.25, 0.3) is 0 Å². The Hall–Kier alpha value is -0.130. The summed E-state index contributed by atoms with van der Waals surface area (Å²) in [6.07, 6.45) is 1.04. The molecule has 3 heteroatoms. The van der Waals surface area contributed by atoms with Gasteiger partial charge in [0, 0.05) is 18.2 Å². The summed E-state index contributed by atoms with van der Waals surface area (Å²) in [5, 5.41) is 0. The van der Waals surface area contributed by atoms with Crippen molar-refractivity contribution in [3.05, 3.63) is 32.9 Å². The van der Waals surface area contributed by atoms with Crippen molar-refractivity contribution in [3.8, 4) is 0 Å². The van der Waals surface area contributed by atoms with Crippen molar-refractivity contribution < 1.29 is 29.8 Å². The molecule has 0 fully saturated rings. The highest BCUT2D eigenvalue weighted by Gasteiger charge is 2.23. The van der Waals surface area contributed by atoms with Crippen molar-refractivity contribution in [2.45, 2.75) is 26.4 Å². The Kier molecular flexibility index (Phi) is 4.84. The third-order valence-corrected chi connectivity index (χ3v) is 4.16. The minimum Gasteiger partial charge on any atom is -0.377 e. The molecule has 2 nitrogen and oxygen atoms in total. The first-order valence-electron chi connectivity index (χ1n) is 4.67. The molecule has 14 heavy (non-hydrogen) atoms. The van der Waals surface area contributed by atoms with Gasteiger partial charge in [-0.3, -0.25) is 0 Å². The van der Waals surface area contributed by atoms with Crippen LogP contribution in [0.4, 0.5) is 0 Å². The predicted octanol–water partition coefficient (Wildman–Crippen LogP) is -0.878. The van der Waals surface area contributed by atoms with Crippen molar-refractivity contribution in [2.24, 2.45) is 0 Å². The van der Waals surface area contributed by atoms with Crippen LogP contribution >= 0.6 is 0 Å². The fourth-order valence-electron chi connectivity index (χ4n) is 1.42. The summed E-state index contributed by atoms with van der Waals surface area (Å²) >= 11 is -0.860. The van der Waals surface area contributed by atoms with Gasteiger partial charge in [0.05, 0.1) is 6.10 Å². The van der Waals surface area contributed by atoms with Gasteiger partial charge in [0.15, 0.2) is 0 Å². The van der Waals surface area contributed by atoms with Crippen LogP contribution in [0.1, 0.15) is 31.1 Å². The second-order valence-electron chi connectivity index (χ2n) is 3.14. The number of hydrogen-bond donors (Lipinski definition) is 1. The molecule has 0 saturated heterocycles. The topological polar surface area (TPSA) is 29.5 Å². The maximum absolute atomic E-state index is 9.43.